The van der Waals surface area contributed by atoms with Gasteiger partial charge in [0.25, 0.3) is 0 Å². The van der Waals surface area contributed by atoms with Gasteiger partial charge in [-0.2, -0.15) is 0 Å². The quantitative estimate of drug-likeness (QED) is 0.802. The van der Waals surface area contributed by atoms with Crippen LogP contribution in [0.2, 0.25) is 0 Å². The highest BCUT2D eigenvalue weighted by atomic mass is 19.4. The van der Waals surface area contributed by atoms with Gasteiger partial charge in [-0.15, -0.1) is 13.2 Å². The summed E-state index contributed by atoms with van der Waals surface area (Å²) in [4.78, 5) is 14.2. The van der Waals surface area contributed by atoms with Gasteiger partial charge in [-0.1, -0.05) is 48.5 Å². The topological polar surface area (TPSA) is 50.8 Å². The molecule has 8 heteroatoms. The number of rotatable bonds is 6. The molecule has 1 fully saturated rings. The number of alkyl carbamates (subject to hydrolysis) is 1. The molecular formula is C20H21F3N2O3. The standard InChI is InChI=1S/C20H21F3N2O3/c21-20(22,23)28-18-9-5-4-8-16(18)14-27-19(26)24-17-10-11-25(13-17)12-15-6-2-1-3-7-15/h1-9,17H,10-14H2,(H,24,26). The third-order valence-corrected chi connectivity index (χ3v) is 4.40. The number of benzene rings is 2. The number of hydrogen-bond acceptors (Lipinski definition) is 4. The van der Waals surface area contributed by atoms with E-state index in [9.17, 15) is 18.0 Å². The molecule has 0 bridgehead atoms. The van der Waals surface area contributed by atoms with E-state index in [1.54, 1.807) is 6.07 Å². The summed E-state index contributed by atoms with van der Waals surface area (Å²) in [6.45, 7) is 2.04. The molecule has 0 spiro atoms. The fraction of sp³-hybridized carbons (Fsp3) is 0.350. The zero-order valence-corrected chi connectivity index (χ0v) is 15.1. The number of carbonyl (C=O) groups excluding carboxylic acids is 1. The Bertz CT molecular complexity index is 784. The highest BCUT2D eigenvalue weighted by Gasteiger charge is 2.32. The summed E-state index contributed by atoms with van der Waals surface area (Å²) in [6.07, 6.45) is -4.67. The lowest BCUT2D eigenvalue weighted by Crippen LogP contribution is -2.37. The molecule has 1 aliphatic rings. The Hall–Kier alpha value is -2.74. The highest BCUT2D eigenvalue weighted by Crippen LogP contribution is 2.26. The maximum atomic E-state index is 12.4. The Balaban J connectivity index is 1.45. The van der Waals surface area contributed by atoms with Crippen LogP contribution in [0.5, 0.6) is 5.75 Å². The minimum absolute atomic E-state index is 0.0575. The first-order valence-corrected chi connectivity index (χ1v) is 8.92. The predicted molar refractivity (Wildman–Crippen MR) is 96.6 cm³/mol. The van der Waals surface area contributed by atoms with E-state index in [-0.39, 0.29) is 24.0 Å². The average Bonchev–Trinajstić information content (AvgIpc) is 3.07. The molecule has 5 nitrogen and oxygen atoms in total. The summed E-state index contributed by atoms with van der Waals surface area (Å²) < 4.78 is 46.3. The fourth-order valence-corrected chi connectivity index (χ4v) is 3.13. The number of para-hydroxylation sites is 1. The summed E-state index contributed by atoms with van der Waals surface area (Å²) in [6, 6.07) is 15.6. The van der Waals surface area contributed by atoms with Gasteiger partial charge < -0.3 is 14.8 Å². The van der Waals surface area contributed by atoms with Crippen molar-refractivity contribution in [1.29, 1.82) is 0 Å². The molecule has 2 aromatic rings. The smallest absolute Gasteiger partial charge is 0.445 e. The first-order valence-electron chi connectivity index (χ1n) is 8.92. The monoisotopic (exact) mass is 394 g/mol. The molecule has 3 rings (SSSR count). The van der Waals surface area contributed by atoms with Crippen molar-refractivity contribution in [2.24, 2.45) is 0 Å². The third-order valence-electron chi connectivity index (χ3n) is 4.40. The number of amides is 1. The van der Waals surface area contributed by atoms with Crippen LogP contribution >= 0.6 is 0 Å². The third kappa shape index (κ3) is 6.16. The molecule has 150 valence electrons. The van der Waals surface area contributed by atoms with Crippen LogP contribution in [0.15, 0.2) is 54.6 Å². The maximum Gasteiger partial charge on any atom is 0.573 e. The van der Waals surface area contributed by atoms with Crippen molar-refractivity contribution in [3.63, 3.8) is 0 Å². The second-order valence-electron chi connectivity index (χ2n) is 6.58. The number of ether oxygens (including phenoxy) is 2. The lowest BCUT2D eigenvalue weighted by molar-refractivity contribution is -0.275. The van der Waals surface area contributed by atoms with Gasteiger partial charge in [-0.25, -0.2) is 4.79 Å². The van der Waals surface area contributed by atoms with Crippen molar-refractivity contribution in [3.8, 4) is 5.75 Å². The van der Waals surface area contributed by atoms with E-state index in [2.05, 4.69) is 27.1 Å². The van der Waals surface area contributed by atoms with Crippen molar-refractivity contribution < 1.29 is 27.4 Å². The lowest BCUT2D eigenvalue weighted by Gasteiger charge is -2.17. The zero-order valence-electron chi connectivity index (χ0n) is 15.1. The fourth-order valence-electron chi connectivity index (χ4n) is 3.13. The first-order chi connectivity index (χ1) is 13.4. The average molecular weight is 394 g/mol. The number of hydrogen-bond donors (Lipinski definition) is 1. The zero-order chi connectivity index (χ0) is 20.0. The minimum Gasteiger partial charge on any atom is -0.445 e. The second-order valence-corrected chi connectivity index (χ2v) is 6.58. The van der Waals surface area contributed by atoms with Crippen LogP contribution < -0.4 is 10.1 Å². The minimum atomic E-state index is -4.80. The van der Waals surface area contributed by atoms with Crippen LogP contribution in [0.4, 0.5) is 18.0 Å². The molecule has 1 atom stereocenters. The van der Waals surface area contributed by atoms with Crippen LogP contribution in [0, 0.1) is 0 Å². The van der Waals surface area contributed by atoms with Gasteiger partial charge in [0.2, 0.25) is 0 Å². The summed E-state index contributed by atoms with van der Waals surface area (Å²) in [5.74, 6) is -0.377. The van der Waals surface area contributed by atoms with Gasteiger partial charge in [0.1, 0.15) is 12.4 Å². The molecule has 0 aliphatic carbocycles. The van der Waals surface area contributed by atoms with E-state index in [1.165, 1.54) is 23.8 Å². The van der Waals surface area contributed by atoms with E-state index >= 15 is 0 Å². The van der Waals surface area contributed by atoms with Crippen LogP contribution in [-0.4, -0.2) is 36.5 Å². The van der Waals surface area contributed by atoms with Crippen molar-refractivity contribution >= 4 is 6.09 Å². The van der Waals surface area contributed by atoms with E-state index < -0.39 is 12.5 Å². The molecule has 0 aromatic heterocycles. The SMILES string of the molecule is O=C(NC1CCN(Cc2ccccc2)C1)OCc1ccccc1OC(F)(F)F. The van der Waals surface area contributed by atoms with Crippen molar-refractivity contribution in [2.45, 2.75) is 32.0 Å². The molecular weight excluding hydrogens is 373 g/mol. The van der Waals surface area contributed by atoms with Gasteiger partial charge >= 0.3 is 12.5 Å². The molecule has 0 saturated carbocycles. The van der Waals surface area contributed by atoms with Gasteiger partial charge in [0.05, 0.1) is 0 Å². The molecule has 1 saturated heterocycles. The Morgan fingerprint density at radius 1 is 1.11 bits per heavy atom. The van der Waals surface area contributed by atoms with Gasteiger partial charge in [-0.05, 0) is 18.1 Å². The number of nitrogens with one attached hydrogen (secondary N) is 1. The van der Waals surface area contributed by atoms with Crippen LogP contribution in [0.3, 0.4) is 0 Å². The summed E-state index contributed by atoms with van der Waals surface area (Å²) >= 11 is 0. The molecule has 1 N–H and O–H groups in total. The number of carbonyl (C=O) groups is 1. The molecule has 1 unspecified atom stereocenters. The van der Waals surface area contributed by atoms with Crippen molar-refractivity contribution in [2.75, 3.05) is 13.1 Å². The largest absolute Gasteiger partial charge is 0.573 e. The molecule has 1 heterocycles. The normalized spacial score (nSPS) is 17.3. The second kappa shape index (κ2) is 8.97. The number of halogens is 3. The molecule has 28 heavy (non-hydrogen) atoms. The highest BCUT2D eigenvalue weighted by molar-refractivity contribution is 5.67. The number of nitrogens with zero attached hydrogens (tertiary/aromatic N) is 1. The molecule has 2 aromatic carbocycles. The predicted octanol–water partition coefficient (Wildman–Crippen LogP) is 4.09. The summed E-state index contributed by atoms with van der Waals surface area (Å²) in [7, 11) is 0. The van der Waals surface area contributed by atoms with E-state index in [0.717, 1.165) is 19.5 Å². The first kappa shape index (κ1) is 20.0. The van der Waals surface area contributed by atoms with Crippen LogP contribution in [0.25, 0.3) is 0 Å². The van der Waals surface area contributed by atoms with Gasteiger partial charge in [-0.3, -0.25) is 4.90 Å². The maximum absolute atomic E-state index is 12.4. The Kier molecular flexibility index (Phi) is 6.41. The van der Waals surface area contributed by atoms with Crippen LogP contribution in [-0.2, 0) is 17.9 Å². The van der Waals surface area contributed by atoms with Crippen molar-refractivity contribution in [1.82, 2.24) is 10.2 Å². The van der Waals surface area contributed by atoms with Gasteiger partial charge in [0, 0.05) is 31.2 Å². The lowest BCUT2D eigenvalue weighted by atomic mass is 10.2. The van der Waals surface area contributed by atoms with E-state index in [4.69, 9.17) is 4.74 Å². The molecule has 1 amide bonds. The Morgan fingerprint density at radius 2 is 1.82 bits per heavy atom. The molecule has 0 radical (unpaired) electrons. The van der Waals surface area contributed by atoms with E-state index in [0.29, 0.717) is 6.54 Å². The Morgan fingerprint density at radius 3 is 2.57 bits per heavy atom. The molecule has 1 aliphatic heterocycles. The Labute approximate surface area is 161 Å². The number of likely N-dealkylation sites (tertiary alicyclic amines) is 1. The summed E-state index contributed by atoms with van der Waals surface area (Å²) in [5, 5.41) is 2.77. The number of alkyl halides is 3. The van der Waals surface area contributed by atoms with Crippen LogP contribution in [0.1, 0.15) is 17.5 Å². The van der Waals surface area contributed by atoms with Crippen molar-refractivity contribution in [3.05, 3.63) is 65.7 Å². The van der Waals surface area contributed by atoms with Gasteiger partial charge in [0.15, 0.2) is 0 Å². The van der Waals surface area contributed by atoms with E-state index in [1.807, 2.05) is 18.2 Å². The summed E-state index contributed by atoms with van der Waals surface area (Å²) in [5.41, 5.74) is 1.35.